The number of esters is 2. The van der Waals surface area contributed by atoms with E-state index in [0.29, 0.717) is 17.4 Å². The van der Waals surface area contributed by atoms with Crippen molar-refractivity contribution in [3.63, 3.8) is 0 Å². The maximum absolute atomic E-state index is 12.9. The maximum Gasteiger partial charge on any atom is 0.361 e. The minimum Gasteiger partial charge on any atom is -0.477 e. The van der Waals surface area contributed by atoms with E-state index in [1.54, 1.807) is 0 Å². The Morgan fingerprint density at radius 1 is 0.405 bits per heavy atom. The molecule has 0 aliphatic carbocycles. The molecule has 0 radical (unpaired) electrons. The highest BCUT2D eigenvalue weighted by atomic mass is 16.7. The van der Waals surface area contributed by atoms with Crippen LogP contribution in [0.3, 0.4) is 0 Å². The predicted molar refractivity (Wildman–Crippen MR) is 314 cm³/mol. The molecule has 9 nitrogen and oxygen atoms in total. The van der Waals surface area contributed by atoms with Crippen LogP contribution in [0.25, 0.3) is 0 Å². The van der Waals surface area contributed by atoms with Gasteiger partial charge in [-0.1, -0.05) is 275 Å². The van der Waals surface area contributed by atoms with Gasteiger partial charge in [0.05, 0.1) is 34.4 Å². The van der Waals surface area contributed by atoms with E-state index in [0.717, 1.165) is 51.4 Å². The Labute approximate surface area is 458 Å². The lowest BCUT2D eigenvalue weighted by Gasteiger charge is -2.25. The van der Waals surface area contributed by atoms with Crippen LogP contribution in [0.4, 0.5) is 0 Å². The van der Waals surface area contributed by atoms with E-state index in [1.165, 1.54) is 225 Å². The summed E-state index contributed by atoms with van der Waals surface area (Å²) in [6.07, 6.45) is 66.7. The molecule has 434 valence electrons. The van der Waals surface area contributed by atoms with Gasteiger partial charge in [-0.25, -0.2) is 4.79 Å². The van der Waals surface area contributed by atoms with Crippen LogP contribution in [-0.4, -0.2) is 87.4 Å². The lowest BCUT2D eigenvalue weighted by atomic mass is 10.0. The molecule has 9 heteroatoms. The summed E-state index contributed by atoms with van der Waals surface area (Å²) in [7, 11) is 5.98. The van der Waals surface area contributed by atoms with Crippen LogP contribution >= 0.6 is 0 Å². The zero-order valence-corrected chi connectivity index (χ0v) is 49.5. The van der Waals surface area contributed by atoms with Crippen molar-refractivity contribution in [2.75, 3.05) is 47.5 Å². The van der Waals surface area contributed by atoms with E-state index in [-0.39, 0.29) is 38.2 Å². The molecule has 0 bridgehead atoms. The van der Waals surface area contributed by atoms with Gasteiger partial charge in [0.25, 0.3) is 6.29 Å². The van der Waals surface area contributed by atoms with Gasteiger partial charge in [0.15, 0.2) is 6.10 Å². The largest absolute Gasteiger partial charge is 0.477 e. The third-order valence-corrected chi connectivity index (χ3v) is 14.1. The first kappa shape index (κ1) is 71.5. The Kier molecular flexibility index (Phi) is 54.8. The lowest BCUT2D eigenvalue weighted by Crippen LogP contribution is -2.40. The van der Waals surface area contributed by atoms with E-state index >= 15 is 0 Å². The number of ether oxygens (including phenoxy) is 4. The number of aliphatic carboxylic acids is 1. The summed E-state index contributed by atoms with van der Waals surface area (Å²) in [6.45, 7) is 4.91. The lowest BCUT2D eigenvalue weighted by molar-refractivity contribution is -0.870. The second-order valence-corrected chi connectivity index (χ2v) is 22.7. The van der Waals surface area contributed by atoms with Crippen LogP contribution in [0, 0.1) is 0 Å². The van der Waals surface area contributed by atoms with Crippen molar-refractivity contribution >= 4 is 17.9 Å². The number of carbonyl (C=O) groups is 3. The summed E-state index contributed by atoms with van der Waals surface area (Å²) in [5.41, 5.74) is 0. The average molecular weight is 1050 g/mol. The molecule has 0 saturated carbocycles. The molecule has 2 unspecified atom stereocenters. The van der Waals surface area contributed by atoms with Crippen LogP contribution in [0.1, 0.15) is 303 Å². The normalized spacial score (nSPS) is 12.9. The molecule has 0 rings (SSSR count). The Balaban J connectivity index is 4.07. The zero-order valence-electron chi connectivity index (χ0n) is 49.5. The number of hydrogen-bond acceptors (Lipinski definition) is 7. The molecule has 1 N–H and O–H groups in total. The van der Waals surface area contributed by atoms with Gasteiger partial charge < -0.3 is 28.5 Å². The van der Waals surface area contributed by atoms with Crippen molar-refractivity contribution in [1.82, 2.24) is 0 Å². The van der Waals surface area contributed by atoms with E-state index in [1.807, 2.05) is 21.1 Å². The third-order valence-electron chi connectivity index (χ3n) is 14.1. The van der Waals surface area contributed by atoms with E-state index < -0.39 is 18.4 Å². The average Bonchev–Trinajstić information content (AvgIpc) is 3.37. The van der Waals surface area contributed by atoms with E-state index in [2.05, 4.69) is 50.3 Å². The molecule has 0 aromatic carbocycles. The summed E-state index contributed by atoms with van der Waals surface area (Å²) >= 11 is 0. The standard InChI is InChI=1S/C65H121NO8/c1-6-8-10-12-14-16-18-20-22-24-25-26-27-28-29-30-31-32-33-34-35-36-37-38-39-40-42-44-46-48-50-52-54-56-63(68)74-61(60-73-65(64(69)70)71-58-57-66(3,4)5)59-72-62(67)55-53-51-49-47-45-43-41-23-21-19-17-15-13-11-9-7-2/h18,20,24-25,27-28,61,65H,6-17,19,21-23,26,29-60H2,1-5H3/p+1/b20-18-,25-24-,28-27-. The quantitative estimate of drug-likeness (QED) is 0.0211. The smallest absolute Gasteiger partial charge is 0.361 e. The van der Waals surface area contributed by atoms with E-state index in [4.69, 9.17) is 18.9 Å². The summed E-state index contributed by atoms with van der Waals surface area (Å²) in [6, 6.07) is 0. The SMILES string of the molecule is CCCCCCC/C=C\C/C=C\C/C=C\CCCCCCCCCCCCCCCCCCCCC(=O)OC(COC(=O)CCCCCCCCCCCCCCCCCC)COC(OCC[N+](C)(C)C)C(=O)O. The second-order valence-electron chi connectivity index (χ2n) is 22.7. The van der Waals surface area contributed by atoms with Crippen LogP contribution < -0.4 is 0 Å². The molecule has 0 spiro atoms. The molecule has 2 atom stereocenters. The number of rotatable bonds is 59. The van der Waals surface area contributed by atoms with Crippen LogP contribution in [0.5, 0.6) is 0 Å². The van der Waals surface area contributed by atoms with Gasteiger partial charge in [-0.3, -0.25) is 9.59 Å². The summed E-state index contributed by atoms with van der Waals surface area (Å²) < 4.78 is 22.9. The minimum absolute atomic E-state index is 0.176. The molecule has 74 heavy (non-hydrogen) atoms. The van der Waals surface area contributed by atoms with E-state index in [9.17, 15) is 19.5 Å². The fourth-order valence-corrected chi connectivity index (χ4v) is 9.26. The molecule has 0 heterocycles. The number of nitrogens with zero attached hydrogens (tertiary/aromatic N) is 1. The number of carboxylic acids is 1. The van der Waals surface area contributed by atoms with Crippen molar-refractivity contribution in [2.45, 2.75) is 315 Å². The molecular weight excluding hydrogens is 923 g/mol. The fourth-order valence-electron chi connectivity index (χ4n) is 9.26. The Morgan fingerprint density at radius 2 is 0.730 bits per heavy atom. The second kappa shape index (κ2) is 56.7. The highest BCUT2D eigenvalue weighted by Crippen LogP contribution is 2.18. The molecular formula is C65H122NO8+. The van der Waals surface area contributed by atoms with Crippen molar-refractivity contribution in [3.8, 4) is 0 Å². The summed E-state index contributed by atoms with van der Waals surface area (Å²) in [5, 5.41) is 9.71. The molecule has 0 amide bonds. The first-order valence-electron chi connectivity index (χ1n) is 31.7. The molecule has 0 aromatic heterocycles. The number of likely N-dealkylation sites (N-methyl/N-ethyl adjacent to an activating group) is 1. The molecule has 0 aromatic rings. The monoisotopic (exact) mass is 1040 g/mol. The topological polar surface area (TPSA) is 108 Å². The van der Waals surface area contributed by atoms with Gasteiger partial charge in [0.2, 0.25) is 0 Å². The highest BCUT2D eigenvalue weighted by Gasteiger charge is 2.25. The van der Waals surface area contributed by atoms with Crippen molar-refractivity contribution in [3.05, 3.63) is 36.5 Å². The zero-order chi connectivity index (χ0) is 54.1. The van der Waals surface area contributed by atoms with Gasteiger partial charge in [-0.15, -0.1) is 0 Å². The minimum atomic E-state index is -1.51. The number of quaternary nitrogens is 1. The van der Waals surface area contributed by atoms with Gasteiger partial charge >= 0.3 is 17.9 Å². The van der Waals surface area contributed by atoms with Gasteiger partial charge in [0.1, 0.15) is 13.2 Å². The highest BCUT2D eigenvalue weighted by molar-refractivity contribution is 5.71. The summed E-state index contributed by atoms with van der Waals surface area (Å²) in [4.78, 5) is 37.4. The number of carboxylic acid groups (broad SMARTS) is 1. The van der Waals surface area contributed by atoms with Crippen molar-refractivity contribution in [1.29, 1.82) is 0 Å². The predicted octanol–water partition coefficient (Wildman–Crippen LogP) is 18.9. The fraction of sp³-hybridized carbons (Fsp3) is 0.862. The number of hydrogen-bond donors (Lipinski definition) is 1. The molecule has 0 aliphatic rings. The first-order chi connectivity index (χ1) is 36.1. The van der Waals surface area contributed by atoms with Gasteiger partial charge in [-0.2, -0.15) is 0 Å². The molecule has 0 saturated heterocycles. The summed E-state index contributed by atoms with van der Waals surface area (Å²) in [5.74, 6) is -1.98. The number of carbonyl (C=O) groups excluding carboxylic acids is 2. The van der Waals surface area contributed by atoms with Crippen LogP contribution in [0.15, 0.2) is 36.5 Å². The van der Waals surface area contributed by atoms with Gasteiger partial charge in [-0.05, 0) is 51.4 Å². The maximum atomic E-state index is 12.9. The molecule has 0 aliphatic heterocycles. The van der Waals surface area contributed by atoms with Crippen molar-refractivity contribution < 1.29 is 42.9 Å². The first-order valence-corrected chi connectivity index (χ1v) is 31.7. The Bertz CT molecular complexity index is 1310. The number of allylic oxidation sites excluding steroid dienone is 6. The Morgan fingerprint density at radius 3 is 1.08 bits per heavy atom. The van der Waals surface area contributed by atoms with Crippen molar-refractivity contribution in [2.24, 2.45) is 0 Å². The van der Waals surface area contributed by atoms with Crippen LogP contribution in [-0.2, 0) is 33.3 Å². The number of unbranched alkanes of at least 4 members (excludes halogenated alkanes) is 38. The van der Waals surface area contributed by atoms with Crippen LogP contribution in [0.2, 0.25) is 0 Å². The molecule has 0 fully saturated rings. The third kappa shape index (κ3) is 57.2. The van der Waals surface area contributed by atoms with Gasteiger partial charge in [0, 0.05) is 12.8 Å². The Hall–Kier alpha value is -2.49.